The van der Waals surface area contributed by atoms with Crippen LogP contribution in [0.15, 0.2) is 41.1 Å². The van der Waals surface area contributed by atoms with Crippen molar-refractivity contribution in [3.05, 3.63) is 58.0 Å². The second-order valence-electron chi connectivity index (χ2n) is 5.58. The lowest BCUT2D eigenvalue weighted by atomic mass is 9.98. The van der Waals surface area contributed by atoms with Crippen molar-refractivity contribution in [1.82, 2.24) is 10.2 Å². The SMILES string of the molecule is CC(C(=O)N1CCNCC1c1cccc(F)c1)c1ccsc1. The van der Waals surface area contributed by atoms with E-state index in [0.29, 0.717) is 13.1 Å². The Bertz CT molecular complexity index is 644. The topological polar surface area (TPSA) is 32.3 Å². The third kappa shape index (κ3) is 3.05. The van der Waals surface area contributed by atoms with Gasteiger partial charge in [-0.3, -0.25) is 4.79 Å². The number of thiophene rings is 1. The Hall–Kier alpha value is -1.72. The molecule has 5 heteroatoms. The number of amides is 1. The number of hydrogen-bond donors (Lipinski definition) is 1. The predicted molar refractivity (Wildman–Crippen MR) is 86.5 cm³/mol. The van der Waals surface area contributed by atoms with E-state index in [1.807, 2.05) is 34.7 Å². The zero-order valence-electron chi connectivity index (χ0n) is 12.5. The lowest BCUT2D eigenvalue weighted by Crippen LogP contribution is -2.49. The van der Waals surface area contributed by atoms with Gasteiger partial charge in [0.1, 0.15) is 5.82 Å². The number of nitrogens with one attached hydrogen (secondary N) is 1. The van der Waals surface area contributed by atoms with Crippen molar-refractivity contribution in [1.29, 1.82) is 0 Å². The fraction of sp³-hybridized carbons (Fsp3) is 0.353. The van der Waals surface area contributed by atoms with Crippen molar-refractivity contribution in [2.24, 2.45) is 0 Å². The van der Waals surface area contributed by atoms with E-state index in [-0.39, 0.29) is 23.7 Å². The maximum Gasteiger partial charge on any atom is 0.230 e. The Morgan fingerprint density at radius 1 is 1.45 bits per heavy atom. The third-order valence-corrected chi connectivity index (χ3v) is 4.87. The molecule has 1 fully saturated rings. The minimum Gasteiger partial charge on any atom is -0.333 e. The number of rotatable bonds is 3. The van der Waals surface area contributed by atoms with E-state index in [0.717, 1.165) is 17.7 Å². The van der Waals surface area contributed by atoms with Crippen LogP contribution in [-0.2, 0) is 4.79 Å². The number of halogens is 1. The fourth-order valence-corrected chi connectivity index (χ4v) is 3.65. The standard InChI is InChI=1S/C17H19FN2OS/c1-12(14-5-8-22-11-14)17(21)20-7-6-19-10-16(20)13-3-2-4-15(18)9-13/h2-5,8-9,11-12,16,19H,6-7,10H2,1H3. The molecule has 1 aliphatic heterocycles. The smallest absolute Gasteiger partial charge is 0.230 e. The van der Waals surface area contributed by atoms with Gasteiger partial charge in [-0.1, -0.05) is 12.1 Å². The molecule has 0 radical (unpaired) electrons. The molecule has 1 aromatic heterocycles. The molecule has 2 heterocycles. The first-order valence-corrected chi connectivity index (χ1v) is 8.40. The predicted octanol–water partition coefficient (Wildman–Crippen LogP) is 3.16. The Labute approximate surface area is 133 Å². The van der Waals surface area contributed by atoms with E-state index < -0.39 is 0 Å². The van der Waals surface area contributed by atoms with Gasteiger partial charge in [0.15, 0.2) is 0 Å². The summed E-state index contributed by atoms with van der Waals surface area (Å²) in [4.78, 5) is 14.8. The summed E-state index contributed by atoms with van der Waals surface area (Å²) < 4.78 is 13.5. The van der Waals surface area contributed by atoms with Crippen molar-refractivity contribution in [2.45, 2.75) is 18.9 Å². The highest BCUT2D eigenvalue weighted by Gasteiger charge is 2.31. The summed E-state index contributed by atoms with van der Waals surface area (Å²) in [7, 11) is 0. The summed E-state index contributed by atoms with van der Waals surface area (Å²) in [5.74, 6) is -0.323. The number of carbonyl (C=O) groups is 1. The molecule has 0 bridgehead atoms. The molecule has 3 nitrogen and oxygen atoms in total. The third-order valence-electron chi connectivity index (χ3n) is 4.17. The van der Waals surface area contributed by atoms with Crippen LogP contribution in [0, 0.1) is 5.82 Å². The average molecular weight is 318 g/mol. The number of hydrogen-bond acceptors (Lipinski definition) is 3. The second-order valence-corrected chi connectivity index (χ2v) is 6.36. The Kier molecular flexibility index (Phi) is 4.55. The van der Waals surface area contributed by atoms with E-state index in [4.69, 9.17) is 0 Å². The first-order valence-electron chi connectivity index (χ1n) is 7.45. The first-order chi connectivity index (χ1) is 10.7. The maximum atomic E-state index is 13.5. The van der Waals surface area contributed by atoms with Crippen molar-refractivity contribution in [3.63, 3.8) is 0 Å². The summed E-state index contributed by atoms with van der Waals surface area (Å²) >= 11 is 1.60. The molecule has 2 unspecified atom stereocenters. The molecular weight excluding hydrogens is 299 g/mol. The molecule has 116 valence electrons. The minimum absolute atomic E-state index is 0.106. The summed E-state index contributed by atoms with van der Waals surface area (Å²) in [6, 6.07) is 8.42. The van der Waals surface area contributed by atoms with E-state index in [1.165, 1.54) is 12.1 Å². The lowest BCUT2D eigenvalue weighted by molar-refractivity contribution is -0.135. The van der Waals surface area contributed by atoms with Gasteiger partial charge < -0.3 is 10.2 Å². The number of piperazine rings is 1. The van der Waals surface area contributed by atoms with Crippen LogP contribution in [-0.4, -0.2) is 30.4 Å². The van der Waals surface area contributed by atoms with Gasteiger partial charge in [-0.2, -0.15) is 11.3 Å². The molecule has 0 spiro atoms. The van der Waals surface area contributed by atoms with Crippen molar-refractivity contribution in [3.8, 4) is 0 Å². The highest BCUT2D eigenvalue weighted by atomic mass is 32.1. The van der Waals surface area contributed by atoms with Crippen molar-refractivity contribution >= 4 is 17.2 Å². The molecule has 3 rings (SSSR count). The molecule has 0 saturated carbocycles. The highest BCUT2D eigenvalue weighted by molar-refractivity contribution is 7.08. The minimum atomic E-state index is -0.263. The van der Waals surface area contributed by atoms with Crippen LogP contribution in [0.25, 0.3) is 0 Å². The van der Waals surface area contributed by atoms with Crippen LogP contribution in [0.1, 0.15) is 30.0 Å². The van der Waals surface area contributed by atoms with Gasteiger partial charge in [-0.15, -0.1) is 0 Å². The van der Waals surface area contributed by atoms with E-state index in [2.05, 4.69) is 5.32 Å². The molecule has 1 saturated heterocycles. The summed E-state index contributed by atoms with van der Waals surface area (Å²) in [5, 5.41) is 7.30. The van der Waals surface area contributed by atoms with E-state index in [9.17, 15) is 9.18 Å². The molecule has 2 atom stereocenters. The van der Waals surface area contributed by atoms with Gasteiger partial charge in [0, 0.05) is 19.6 Å². The highest BCUT2D eigenvalue weighted by Crippen LogP contribution is 2.28. The van der Waals surface area contributed by atoms with Gasteiger partial charge in [0.05, 0.1) is 12.0 Å². The molecule has 0 aliphatic carbocycles. The van der Waals surface area contributed by atoms with Crippen molar-refractivity contribution < 1.29 is 9.18 Å². The summed E-state index contributed by atoms with van der Waals surface area (Å²) in [5.41, 5.74) is 1.89. The van der Waals surface area contributed by atoms with Crippen LogP contribution in [0.3, 0.4) is 0 Å². The number of benzene rings is 1. The quantitative estimate of drug-likeness (QED) is 0.943. The van der Waals surface area contributed by atoms with Gasteiger partial charge >= 0.3 is 0 Å². The lowest BCUT2D eigenvalue weighted by Gasteiger charge is -2.38. The molecule has 1 amide bonds. The Morgan fingerprint density at radius 2 is 2.32 bits per heavy atom. The molecule has 1 aliphatic rings. The van der Waals surface area contributed by atoms with Crippen LogP contribution in [0.4, 0.5) is 4.39 Å². The van der Waals surface area contributed by atoms with Crippen molar-refractivity contribution in [2.75, 3.05) is 19.6 Å². The first kappa shape index (κ1) is 15.2. The van der Waals surface area contributed by atoms with Crippen LogP contribution in [0.5, 0.6) is 0 Å². The maximum absolute atomic E-state index is 13.5. The zero-order chi connectivity index (χ0) is 15.5. The van der Waals surface area contributed by atoms with Gasteiger partial charge in [-0.25, -0.2) is 4.39 Å². The molecular formula is C17H19FN2OS. The van der Waals surface area contributed by atoms with Crippen LogP contribution < -0.4 is 5.32 Å². The van der Waals surface area contributed by atoms with Gasteiger partial charge in [0.25, 0.3) is 0 Å². The van der Waals surface area contributed by atoms with Gasteiger partial charge in [0.2, 0.25) is 5.91 Å². The largest absolute Gasteiger partial charge is 0.333 e. The molecule has 22 heavy (non-hydrogen) atoms. The monoisotopic (exact) mass is 318 g/mol. The molecule has 1 aromatic carbocycles. The number of carbonyl (C=O) groups excluding carboxylic acids is 1. The Balaban J connectivity index is 1.85. The summed E-state index contributed by atoms with van der Waals surface area (Å²) in [6.45, 7) is 4.02. The van der Waals surface area contributed by atoms with E-state index >= 15 is 0 Å². The normalized spacial score (nSPS) is 19.9. The summed E-state index contributed by atoms with van der Waals surface area (Å²) in [6.07, 6.45) is 0. The fourth-order valence-electron chi connectivity index (χ4n) is 2.89. The number of nitrogens with zero attached hydrogens (tertiary/aromatic N) is 1. The van der Waals surface area contributed by atoms with Crippen LogP contribution in [0.2, 0.25) is 0 Å². The average Bonchev–Trinajstić information content (AvgIpc) is 3.08. The Morgan fingerprint density at radius 3 is 3.05 bits per heavy atom. The van der Waals surface area contributed by atoms with Crippen LogP contribution >= 0.6 is 11.3 Å². The van der Waals surface area contributed by atoms with E-state index in [1.54, 1.807) is 17.4 Å². The second kappa shape index (κ2) is 6.58. The molecule has 1 N–H and O–H groups in total. The van der Waals surface area contributed by atoms with Gasteiger partial charge in [-0.05, 0) is 47.0 Å². The zero-order valence-corrected chi connectivity index (χ0v) is 13.3. The molecule has 2 aromatic rings.